The smallest absolute Gasteiger partial charge is 0.269 e. The maximum Gasteiger partial charge on any atom is 0.269 e. The normalized spacial score (nSPS) is 10.4. The lowest BCUT2D eigenvalue weighted by atomic mass is 10.1. The van der Waals surface area contributed by atoms with E-state index in [4.69, 9.17) is 11.6 Å². The summed E-state index contributed by atoms with van der Waals surface area (Å²) in [5.74, 6) is -0.332. The van der Waals surface area contributed by atoms with Crippen molar-refractivity contribution in [2.24, 2.45) is 0 Å². The van der Waals surface area contributed by atoms with Gasteiger partial charge >= 0.3 is 0 Å². The van der Waals surface area contributed by atoms with Gasteiger partial charge < -0.3 is 4.90 Å². The van der Waals surface area contributed by atoms with Gasteiger partial charge in [0.15, 0.2) is 0 Å². The van der Waals surface area contributed by atoms with E-state index in [9.17, 15) is 14.5 Å². The van der Waals surface area contributed by atoms with Crippen molar-refractivity contribution in [2.75, 3.05) is 11.4 Å². The maximum absolute atomic E-state index is 13.9. The van der Waals surface area contributed by atoms with E-state index in [-0.39, 0.29) is 11.5 Å². The minimum Gasteiger partial charge on any atom is -0.365 e. The first-order valence-corrected chi connectivity index (χ1v) is 6.83. The van der Waals surface area contributed by atoms with Gasteiger partial charge in [-0.1, -0.05) is 23.7 Å². The quantitative estimate of drug-likeness (QED) is 0.607. The van der Waals surface area contributed by atoms with Gasteiger partial charge in [0.25, 0.3) is 5.69 Å². The van der Waals surface area contributed by atoms with Gasteiger partial charge in [0.05, 0.1) is 10.6 Å². The molecule has 0 radical (unpaired) electrons. The van der Waals surface area contributed by atoms with Crippen LogP contribution >= 0.6 is 11.6 Å². The summed E-state index contributed by atoms with van der Waals surface area (Å²) in [5, 5.41) is 11.3. The van der Waals surface area contributed by atoms with Crippen LogP contribution in [0.15, 0.2) is 42.5 Å². The van der Waals surface area contributed by atoms with Crippen molar-refractivity contribution >= 4 is 23.0 Å². The van der Waals surface area contributed by atoms with Crippen LogP contribution in [0.4, 0.5) is 15.8 Å². The van der Waals surface area contributed by atoms with Crippen LogP contribution in [0, 0.1) is 15.9 Å². The summed E-state index contributed by atoms with van der Waals surface area (Å²) in [6.45, 7) is 2.75. The molecule has 0 atom stereocenters. The van der Waals surface area contributed by atoms with Crippen molar-refractivity contribution in [2.45, 2.75) is 13.5 Å². The molecule has 2 aromatic rings. The minimum absolute atomic E-state index is 0.0287. The van der Waals surface area contributed by atoms with Gasteiger partial charge in [-0.25, -0.2) is 4.39 Å². The SMILES string of the molecule is CCN(Cc1cc([N+](=O)[O-])ccc1Cl)c1ccccc1F. The topological polar surface area (TPSA) is 46.4 Å². The van der Waals surface area contributed by atoms with Crippen molar-refractivity contribution in [3.63, 3.8) is 0 Å². The second kappa shape index (κ2) is 6.54. The number of anilines is 1. The number of benzene rings is 2. The van der Waals surface area contributed by atoms with E-state index in [1.165, 1.54) is 24.3 Å². The van der Waals surface area contributed by atoms with Crippen LogP contribution in [0.5, 0.6) is 0 Å². The zero-order valence-electron chi connectivity index (χ0n) is 11.4. The summed E-state index contributed by atoms with van der Waals surface area (Å²) >= 11 is 6.09. The number of hydrogen-bond acceptors (Lipinski definition) is 3. The van der Waals surface area contributed by atoms with E-state index in [0.717, 1.165) is 0 Å². The molecule has 0 fully saturated rings. The van der Waals surface area contributed by atoms with Crippen molar-refractivity contribution in [1.29, 1.82) is 0 Å². The predicted molar refractivity (Wildman–Crippen MR) is 81.2 cm³/mol. The zero-order chi connectivity index (χ0) is 15.4. The van der Waals surface area contributed by atoms with Crippen LogP contribution in [0.25, 0.3) is 0 Å². The van der Waals surface area contributed by atoms with Crippen molar-refractivity contribution in [1.82, 2.24) is 0 Å². The molecule has 0 saturated heterocycles. The number of nitrogens with zero attached hydrogens (tertiary/aromatic N) is 2. The third kappa shape index (κ3) is 3.49. The lowest BCUT2D eigenvalue weighted by Gasteiger charge is -2.24. The highest BCUT2D eigenvalue weighted by Gasteiger charge is 2.14. The fraction of sp³-hybridized carbons (Fsp3) is 0.200. The highest BCUT2D eigenvalue weighted by Crippen LogP contribution is 2.26. The van der Waals surface area contributed by atoms with Gasteiger partial charge in [-0.3, -0.25) is 10.1 Å². The summed E-state index contributed by atoms with van der Waals surface area (Å²) in [4.78, 5) is 12.1. The molecule has 0 heterocycles. The van der Waals surface area contributed by atoms with Gasteiger partial charge in [0, 0.05) is 30.2 Å². The van der Waals surface area contributed by atoms with E-state index in [2.05, 4.69) is 0 Å². The number of rotatable bonds is 5. The van der Waals surface area contributed by atoms with Crippen LogP contribution < -0.4 is 4.90 Å². The second-order valence-corrected chi connectivity index (χ2v) is 4.91. The van der Waals surface area contributed by atoms with Gasteiger partial charge in [-0.2, -0.15) is 0 Å². The summed E-state index contributed by atoms with van der Waals surface area (Å²) in [6, 6.07) is 10.7. The molecular formula is C15H14ClFN2O2. The highest BCUT2D eigenvalue weighted by molar-refractivity contribution is 6.31. The van der Waals surface area contributed by atoms with Gasteiger partial charge in [0.1, 0.15) is 5.82 Å². The van der Waals surface area contributed by atoms with Crippen LogP contribution in [0.2, 0.25) is 5.02 Å². The average Bonchev–Trinajstić information content (AvgIpc) is 2.47. The third-order valence-corrected chi connectivity index (χ3v) is 3.54. The molecular weight excluding hydrogens is 295 g/mol. The van der Waals surface area contributed by atoms with Crippen LogP contribution in [-0.2, 0) is 6.54 Å². The predicted octanol–water partition coefficient (Wildman–Crippen LogP) is 4.41. The summed E-state index contributed by atoms with van der Waals surface area (Å²) in [5.41, 5.74) is 1.01. The Morgan fingerprint density at radius 1 is 1.29 bits per heavy atom. The van der Waals surface area contributed by atoms with Gasteiger partial charge in [-0.05, 0) is 30.7 Å². The molecule has 110 valence electrons. The molecule has 21 heavy (non-hydrogen) atoms. The average molecular weight is 309 g/mol. The molecule has 0 aliphatic rings. The molecule has 6 heteroatoms. The van der Waals surface area contributed by atoms with Crippen molar-refractivity contribution in [3.8, 4) is 0 Å². The summed E-state index contributed by atoms with van der Waals surface area (Å²) in [6.07, 6.45) is 0. The lowest BCUT2D eigenvalue weighted by molar-refractivity contribution is -0.384. The molecule has 0 N–H and O–H groups in total. The number of nitro benzene ring substituents is 1. The summed E-state index contributed by atoms with van der Waals surface area (Å²) in [7, 11) is 0. The Kier molecular flexibility index (Phi) is 4.75. The molecule has 0 spiro atoms. The molecule has 0 aromatic heterocycles. The Balaban J connectivity index is 2.33. The Morgan fingerprint density at radius 2 is 2.00 bits per heavy atom. The Labute approximate surface area is 126 Å². The number of halogens is 2. The van der Waals surface area contributed by atoms with E-state index in [1.807, 2.05) is 6.92 Å². The standard InChI is InChI=1S/C15H14ClFN2O2/c1-2-18(15-6-4-3-5-14(15)17)10-11-9-12(19(20)21)7-8-13(11)16/h3-9H,2,10H2,1H3. The first-order valence-electron chi connectivity index (χ1n) is 6.45. The van der Waals surface area contributed by atoms with Crippen molar-refractivity contribution in [3.05, 3.63) is 69.0 Å². The largest absolute Gasteiger partial charge is 0.365 e. The molecule has 4 nitrogen and oxygen atoms in total. The van der Waals surface area contributed by atoms with Gasteiger partial charge in [-0.15, -0.1) is 0 Å². The molecule has 2 aromatic carbocycles. The van der Waals surface area contributed by atoms with Crippen molar-refractivity contribution < 1.29 is 9.31 Å². The van der Waals surface area contributed by atoms with E-state index < -0.39 is 4.92 Å². The Hall–Kier alpha value is -2.14. The van der Waals surface area contributed by atoms with Crippen LogP contribution in [0.1, 0.15) is 12.5 Å². The fourth-order valence-electron chi connectivity index (χ4n) is 2.08. The Morgan fingerprint density at radius 3 is 2.62 bits per heavy atom. The molecule has 2 rings (SSSR count). The number of nitro groups is 1. The molecule has 0 unspecified atom stereocenters. The molecule has 0 amide bonds. The molecule has 0 saturated carbocycles. The molecule has 0 bridgehead atoms. The first kappa shape index (κ1) is 15.3. The monoisotopic (exact) mass is 308 g/mol. The molecule has 0 aliphatic carbocycles. The van der Waals surface area contributed by atoms with E-state index in [0.29, 0.717) is 29.4 Å². The van der Waals surface area contributed by atoms with Gasteiger partial charge in [0.2, 0.25) is 0 Å². The first-order chi connectivity index (χ1) is 10.0. The molecule has 0 aliphatic heterocycles. The highest BCUT2D eigenvalue weighted by atomic mass is 35.5. The second-order valence-electron chi connectivity index (χ2n) is 4.50. The maximum atomic E-state index is 13.9. The third-order valence-electron chi connectivity index (χ3n) is 3.18. The lowest BCUT2D eigenvalue weighted by Crippen LogP contribution is -2.23. The number of para-hydroxylation sites is 1. The van der Waals surface area contributed by atoms with E-state index in [1.54, 1.807) is 23.1 Å². The zero-order valence-corrected chi connectivity index (χ0v) is 12.2. The fourth-order valence-corrected chi connectivity index (χ4v) is 2.25. The number of hydrogen-bond donors (Lipinski definition) is 0. The van der Waals surface area contributed by atoms with Crippen LogP contribution in [-0.4, -0.2) is 11.5 Å². The van der Waals surface area contributed by atoms with Crippen LogP contribution in [0.3, 0.4) is 0 Å². The summed E-state index contributed by atoms with van der Waals surface area (Å²) < 4.78 is 13.9. The minimum atomic E-state index is -0.473. The van der Waals surface area contributed by atoms with E-state index >= 15 is 0 Å². The Bertz CT molecular complexity index is 664. The number of non-ortho nitro benzene ring substituents is 1.